The number of aryl methyl sites for hydroxylation is 1. The first-order valence-corrected chi connectivity index (χ1v) is 7.52. The zero-order valence-corrected chi connectivity index (χ0v) is 13.1. The first-order chi connectivity index (χ1) is 9.76. The number of nitrogens with one attached hydrogen (secondary N) is 1. The summed E-state index contributed by atoms with van der Waals surface area (Å²) in [5.74, 6) is -4.12. The van der Waals surface area contributed by atoms with Crippen molar-refractivity contribution in [1.82, 2.24) is 10.3 Å². The monoisotopic (exact) mass is 328 g/mol. The zero-order chi connectivity index (χ0) is 16.0. The largest absolute Gasteiger partial charge is 0.368 e. The van der Waals surface area contributed by atoms with Crippen molar-refractivity contribution in [3.63, 3.8) is 0 Å². The average molecular weight is 328 g/mol. The van der Waals surface area contributed by atoms with Crippen molar-refractivity contribution >= 4 is 11.3 Å². The zero-order valence-electron chi connectivity index (χ0n) is 12.3. The number of alkyl halides is 4. The summed E-state index contributed by atoms with van der Waals surface area (Å²) in [4.78, 5) is 5.31. The number of nitrogens with zero attached hydrogens (tertiary/aromatic N) is 1. The highest BCUT2D eigenvalue weighted by molar-refractivity contribution is 7.11. The molecule has 0 aromatic carbocycles. The molecule has 8 heteroatoms. The number of ether oxygens (including phenoxy) is 1. The molecule has 0 saturated carbocycles. The van der Waals surface area contributed by atoms with E-state index in [1.54, 1.807) is 0 Å². The van der Waals surface area contributed by atoms with Gasteiger partial charge in [0.2, 0.25) is 0 Å². The molecular formula is C13H20F4N2OS. The van der Waals surface area contributed by atoms with Crippen LogP contribution in [0.1, 0.15) is 36.3 Å². The molecule has 0 bridgehead atoms. The fourth-order valence-electron chi connectivity index (χ4n) is 1.55. The fourth-order valence-corrected chi connectivity index (χ4v) is 2.59. The van der Waals surface area contributed by atoms with Crippen LogP contribution in [0.2, 0.25) is 0 Å². The number of halogens is 4. The van der Waals surface area contributed by atoms with Crippen molar-refractivity contribution in [2.75, 3.05) is 6.61 Å². The van der Waals surface area contributed by atoms with Crippen LogP contribution in [-0.2, 0) is 24.3 Å². The van der Waals surface area contributed by atoms with Crippen molar-refractivity contribution in [1.29, 1.82) is 0 Å². The molecule has 0 amide bonds. The molecule has 0 spiro atoms. The highest BCUT2D eigenvalue weighted by Gasteiger charge is 2.41. The van der Waals surface area contributed by atoms with Gasteiger partial charge in [0.1, 0.15) is 11.6 Å². The minimum absolute atomic E-state index is 0.179. The van der Waals surface area contributed by atoms with Crippen LogP contribution >= 0.6 is 11.3 Å². The van der Waals surface area contributed by atoms with E-state index in [-0.39, 0.29) is 6.61 Å². The molecule has 0 saturated heterocycles. The molecule has 3 nitrogen and oxygen atoms in total. The van der Waals surface area contributed by atoms with Gasteiger partial charge in [-0.25, -0.2) is 13.8 Å². The Labute approximate surface area is 125 Å². The molecule has 0 radical (unpaired) electrons. The van der Waals surface area contributed by atoms with Gasteiger partial charge in [-0.05, 0) is 6.42 Å². The Kier molecular flexibility index (Phi) is 7.02. The van der Waals surface area contributed by atoms with Gasteiger partial charge < -0.3 is 10.1 Å². The van der Waals surface area contributed by atoms with Crippen molar-refractivity contribution < 1.29 is 22.3 Å². The molecule has 21 heavy (non-hydrogen) atoms. The topological polar surface area (TPSA) is 34.1 Å². The van der Waals surface area contributed by atoms with Gasteiger partial charge in [0.15, 0.2) is 0 Å². The number of rotatable bonds is 9. The summed E-state index contributed by atoms with van der Waals surface area (Å²) in [6, 6.07) is 0.321. The van der Waals surface area contributed by atoms with Gasteiger partial charge in [-0.15, -0.1) is 11.3 Å². The summed E-state index contributed by atoms with van der Waals surface area (Å²) in [5, 5.41) is 3.78. The predicted molar refractivity (Wildman–Crippen MR) is 74.1 cm³/mol. The molecule has 1 N–H and O–H groups in total. The molecule has 0 unspecified atom stereocenters. The van der Waals surface area contributed by atoms with Crippen LogP contribution in [-0.4, -0.2) is 30.0 Å². The minimum atomic E-state index is -4.12. The first kappa shape index (κ1) is 18.3. The molecule has 122 valence electrons. The molecule has 1 heterocycles. The third kappa shape index (κ3) is 5.88. The maximum atomic E-state index is 12.7. The van der Waals surface area contributed by atoms with Gasteiger partial charge >= 0.3 is 12.3 Å². The second-order valence-electron chi connectivity index (χ2n) is 4.92. The Hall–Kier alpha value is -0.730. The van der Waals surface area contributed by atoms with Crippen LogP contribution in [0.5, 0.6) is 0 Å². The number of aromatic nitrogens is 1. The summed E-state index contributed by atoms with van der Waals surface area (Å²) in [6.45, 7) is 5.15. The lowest BCUT2D eigenvalue weighted by Gasteiger charge is -2.14. The number of hydrogen-bond donors (Lipinski definition) is 1. The maximum Gasteiger partial charge on any atom is 0.330 e. The normalized spacial score (nSPS) is 12.6. The van der Waals surface area contributed by atoms with Crippen LogP contribution < -0.4 is 5.32 Å². The molecule has 0 aliphatic rings. The van der Waals surface area contributed by atoms with Crippen molar-refractivity contribution in [3.8, 4) is 0 Å². The molecule has 1 rings (SSSR count). The molecule has 1 aromatic heterocycles. The Morgan fingerprint density at radius 3 is 2.52 bits per heavy atom. The highest BCUT2D eigenvalue weighted by atomic mass is 32.1. The number of hydrogen-bond acceptors (Lipinski definition) is 4. The lowest BCUT2D eigenvalue weighted by atomic mass is 10.3. The summed E-state index contributed by atoms with van der Waals surface area (Å²) < 4.78 is 54.1. The van der Waals surface area contributed by atoms with E-state index < -0.39 is 19.0 Å². The van der Waals surface area contributed by atoms with Gasteiger partial charge in [0.25, 0.3) is 0 Å². The van der Waals surface area contributed by atoms with Gasteiger partial charge in [-0.1, -0.05) is 20.8 Å². The second kappa shape index (κ2) is 8.05. The summed E-state index contributed by atoms with van der Waals surface area (Å²) in [6.07, 6.45) is -3.00. The smallest absolute Gasteiger partial charge is 0.330 e. The molecule has 0 aliphatic carbocycles. The van der Waals surface area contributed by atoms with Crippen molar-refractivity contribution in [2.24, 2.45) is 0 Å². The van der Waals surface area contributed by atoms with E-state index in [1.807, 2.05) is 20.8 Å². The van der Waals surface area contributed by atoms with Crippen molar-refractivity contribution in [3.05, 3.63) is 15.6 Å². The van der Waals surface area contributed by atoms with Crippen molar-refractivity contribution in [2.45, 2.75) is 58.7 Å². The van der Waals surface area contributed by atoms with E-state index in [2.05, 4.69) is 15.0 Å². The lowest BCUT2D eigenvalue weighted by Crippen LogP contribution is -2.32. The van der Waals surface area contributed by atoms with E-state index >= 15 is 0 Å². The first-order valence-electron chi connectivity index (χ1n) is 6.70. The van der Waals surface area contributed by atoms with E-state index in [0.29, 0.717) is 17.6 Å². The van der Waals surface area contributed by atoms with Gasteiger partial charge in [-0.3, -0.25) is 0 Å². The third-order valence-electron chi connectivity index (χ3n) is 2.67. The quantitative estimate of drug-likeness (QED) is 0.703. The highest BCUT2D eigenvalue weighted by Crippen LogP contribution is 2.25. The molecule has 0 atom stereocenters. The maximum absolute atomic E-state index is 12.7. The molecule has 0 fully saturated rings. The second-order valence-corrected chi connectivity index (χ2v) is 6.09. The van der Waals surface area contributed by atoms with Crippen LogP contribution in [0.4, 0.5) is 17.6 Å². The van der Waals surface area contributed by atoms with Crippen LogP contribution in [0, 0.1) is 0 Å². The summed E-state index contributed by atoms with van der Waals surface area (Å²) in [5.41, 5.74) is 0.882. The summed E-state index contributed by atoms with van der Waals surface area (Å²) >= 11 is 1.35. The van der Waals surface area contributed by atoms with Gasteiger partial charge in [0, 0.05) is 17.5 Å². The van der Waals surface area contributed by atoms with Crippen LogP contribution in [0.25, 0.3) is 0 Å². The predicted octanol–water partition coefficient (Wildman–Crippen LogP) is 3.62. The molecule has 1 aromatic rings. The van der Waals surface area contributed by atoms with E-state index in [0.717, 1.165) is 17.0 Å². The number of thiazole rings is 1. The fraction of sp³-hybridized carbons (Fsp3) is 0.769. The average Bonchev–Trinajstić information content (AvgIpc) is 2.78. The molecule has 0 aliphatic heterocycles. The van der Waals surface area contributed by atoms with Gasteiger partial charge in [-0.2, -0.15) is 8.78 Å². The third-order valence-corrected chi connectivity index (χ3v) is 3.74. The SMILES string of the molecule is CCc1nc(COCC(F)(F)C(F)F)sc1CNC(C)C. The Morgan fingerprint density at radius 1 is 1.33 bits per heavy atom. The van der Waals surface area contributed by atoms with E-state index in [9.17, 15) is 17.6 Å². The standard InChI is InChI=1S/C13H20F4N2OS/c1-4-9-10(5-18-8(2)3)21-11(19-9)6-20-7-13(16,17)12(14)15/h8,12,18H,4-7H2,1-3H3. The molecular weight excluding hydrogens is 308 g/mol. The Morgan fingerprint density at radius 2 is 2.00 bits per heavy atom. The lowest BCUT2D eigenvalue weighted by molar-refractivity contribution is -0.168. The van der Waals surface area contributed by atoms with Gasteiger partial charge in [0.05, 0.1) is 12.3 Å². The van der Waals surface area contributed by atoms with Crippen LogP contribution in [0.3, 0.4) is 0 Å². The minimum Gasteiger partial charge on any atom is -0.368 e. The Balaban J connectivity index is 2.56. The summed E-state index contributed by atoms with van der Waals surface area (Å²) in [7, 11) is 0. The van der Waals surface area contributed by atoms with E-state index in [4.69, 9.17) is 0 Å². The van der Waals surface area contributed by atoms with Crippen LogP contribution in [0.15, 0.2) is 0 Å². The Bertz CT molecular complexity index is 438. The van der Waals surface area contributed by atoms with E-state index in [1.165, 1.54) is 11.3 Å².